The Hall–Kier alpha value is -1.13. The van der Waals surface area contributed by atoms with Crippen LogP contribution in [0, 0.1) is 0 Å². The molecule has 1 unspecified atom stereocenters. The summed E-state index contributed by atoms with van der Waals surface area (Å²) in [6.45, 7) is 5.90. The summed E-state index contributed by atoms with van der Waals surface area (Å²) in [5.41, 5.74) is 5.09. The Kier molecular flexibility index (Phi) is 3.85. The van der Waals surface area contributed by atoms with Crippen molar-refractivity contribution in [1.29, 1.82) is 0 Å². The van der Waals surface area contributed by atoms with Gasteiger partial charge in [0.25, 0.3) is 0 Å². The molecule has 1 aromatic heterocycles. The lowest BCUT2D eigenvalue weighted by Crippen LogP contribution is -2.27. The molecular weight excluding hydrogens is 176 g/mol. The Bertz CT molecular complexity index is 303. The van der Waals surface area contributed by atoms with Gasteiger partial charge in [0, 0.05) is 24.8 Å². The first-order valence-corrected chi connectivity index (χ1v) is 4.72. The van der Waals surface area contributed by atoms with Gasteiger partial charge in [-0.1, -0.05) is 5.57 Å². The van der Waals surface area contributed by atoms with Crippen LogP contribution in [0.2, 0.25) is 0 Å². The molecule has 0 aliphatic heterocycles. The molecule has 0 aliphatic rings. The number of hydrogen-bond acceptors (Lipinski definition) is 3. The van der Waals surface area contributed by atoms with Crippen molar-refractivity contribution < 1.29 is 0 Å². The highest BCUT2D eigenvalue weighted by Gasteiger charge is 2.10. The third-order valence-corrected chi connectivity index (χ3v) is 2.19. The molecule has 78 valence electrons. The maximum atomic E-state index is 5.48. The second-order valence-corrected chi connectivity index (χ2v) is 3.66. The minimum absolute atomic E-state index is 0.167. The standard InChI is InChI=1S/C10H18N4/c1-8(2)4-5-10(13-11)9-6-12-14(3)7-9/h6-7,10,13H,1,4-5,11H2,2-3H3. The molecule has 4 heteroatoms. The highest BCUT2D eigenvalue weighted by Crippen LogP contribution is 2.18. The van der Waals surface area contributed by atoms with Gasteiger partial charge in [0.2, 0.25) is 0 Å². The number of nitrogens with zero attached hydrogens (tertiary/aromatic N) is 2. The van der Waals surface area contributed by atoms with Crippen molar-refractivity contribution in [2.24, 2.45) is 12.9 Å². The molecule has 0 bridgehead atoms. The Labute approximate surface area is 84.8 Å². The van der Waals surface area contributed by atoms with Crippen LogP contribution in [-0.4, -0.2) is 9.78 Å². The predicted octanol–water partition coefficient (Wildman–Crippen LogP) is 1.28. The topological polar surface area (TPSA) is 55.9 Å². The molecule has 0 saturated carbocycles. The van der Waals surface area contributed by atoms with Crippen molar-refractivity contribution in [3.05, 3.63) is 30.1 Å². The smallest absolute Gasteiger partial charge is 0.0538 e. The SMILES string of the molecule is C=C(C)CCC(NN)c1cnn(C)c1. The van der Waals surface area contributed by atoms with Crippen LogP contribution < -0.4 is 11.3 Å². The molecule has 4 nitrogen and oxygen atoms in total. The summed E-state index contributed by atoms with van der Waals surface area (Å²) in [5, 5.41) is 4.11. The van der Waals surface area contributed by atoms with Crippen LogP contribution >= 0.6 is 0 Å². The molecular formula is C10H18N4. The van der Waals surface area contributed by atoms with Crippen LogP contribution in [0.25, 0.3) is 0 Å². The number of allylic oxidation sites excluding steroid dienone is 1. The number of rotatable bonds is 5. The second-order valence-electron chi connectivity index (χ2n) is 3.66. The quantitative estimate of drug-likeness (QED) is 0.422. The highest BCUT2D eigenvalue weighted by atomic mass is 15.3. The van der Waals surface area contributed by atoms with Gasteiger partial charge in [-0.2, -0.15) is 5.10 Å². The number of aryl methyl sites for hydroxylation is 1. The van der Waals surface area contributed by atoms with Gasteiger partial charge in [0.05, 0.1) is 6.20 Å². The van der Waals surface area contributed by atoms with E-state index in [0.29, 0.717) is 0 Å². The van der Waals surface area contributed by atoms with E-state index >= 15 is 0 Å². The van der Waals surface area contributed by atoms with E-state index in [9.17, 15) is 0 Å². The van der Waals surface area contributed by atoms with Crippen LogP contribution in [0.1, 0.15) is 31.4 Å². The van der Waals surface area contributed by atoms with Crippen LogP contribution in [0.4, 0.5) is 0 Å². The van der Waals surface area contributed by atoms with Crippen molar-refractivity contribution in [2.75, 3.05) is 0 Å². The summed E-state index contributed by atoms with van der Waals surface area (Å²) in [4.78, 5) is 0. The van der Waals surface area contributed by atoms with Crippen LogP contribution in [0.15, 0.2) is 24.5 Å². The minimum Gasteiger partial charge on any atom is -0.275 e. The van der Waals surface area contributed by atoms with E-state index in [0.717, 1.165) is 18.4 Å². The highest BCUT2D eigenvalue weighted by molar-refractivity contribution is 5.10. The van der Waals surface area contributed by atoms with Gasteiger partial charge in [-0.15, -0.1) is 6.58 Å². The Balaban J connectivity index is 2.58. The summed E-state index contributed by atoms with van der Waals surface area (Å²) in [5.74, 6) is 5.48. The summed E-state index contributed by atoms with van der Waals surface area (Å²) in [7, 11) is 1.90. The van der Waals surface area contributed by atoms with Crippen LogP contribution in [-0.2, 0) is 7.05 Å². The largest absolute Gasteiger partial charge is 0.275 e. The van der Waals surface area contributed by atoms with Crippen molar-refractivity contribution in [1.82, 2.24) is 15.2 Å². The third-order valence-electron chi connectivity index (χ3n) is 2.19. The maximum absolute atomic E-state index is 5.48. The molecule has 0 amide bonds. The van der Waals surface area contributed by atoms with E-state index < -0.39 is 0 Å². The van der Waals surface area contributed by atoms with Crippen LogP contribution in [0.3, 0.4) is 0 Å². The first-order valence-electron chi connectivity index (χ1n) is 4.72. The van der Waals surface area contributed by atoms with E-state index in [1.165, 1.54) is 5.57 Å². The maximum Gasteiger partial charge on any atom is 0.0538 e. The number of hydrogen-bond donors (Lipinski definition) is 2. The van der Waals surface area contributed by atoms with E-state index in [-0.39, 0.29) is 6.04 Å². The molecule has 1 rings (SSSR count). The fraction of sp³-hybridized carbons (Fsp3) is 0.500. The fourth-order valence-corrected chi connectivity index (χ4v) is 1.36. The van der Waals surface area contributed by atoms with Gasteiger partial charge in [0.15, 0.2) is 0 Å². The third kappa shape index (κ3) is 2.97. The summed E-state index contributed by atoms with van der Waals surface area (Å²) in [6, 6.07) is 0.167. The minimum atomic E-state index is 0.167. The zero-order chi connectivity index (χ0) is 10.6. The van der Waals surface area contributed by atoms with E-state index in [4.69, 9.17) is 5.84 Å². The van der Waals surface area contributed by atoms with Gasteiger partial charge in [-0.05, 0) is 19.8 Å². The summed E-state index contributed by atoms with van der Waals surface area (Å²) >= 11 is 0. The molecule has 0 aromatic carbocycles. The summed E-state index contributed by atoms with van der Waals surface area (Å²) in [6.07, 6.45) is 5.74. The molecule has 0 aliphatic carbocycles. The molecule has 14 heavy (non-hydrogen) atoms. The zero-order valence-electron chi connectivity index (χ0n) is 8.83. The zero-order valence-corrected chi connectivity index (χ0v) is 8.83. The molecule has 0 radical (unpaired) electrons. The Morgan fingerprint density at radius 3 is 2.93 bits per heavy atom. The van der Waals surface area contributed by atoms with Gasteiger partial charge in [-0.25, -0.2) is 0 Å². The lowest BCUT2D eigenvalue weighted by Gasteiger charge is -2.13. The van der Waals surface area contributed by atoms with Crippen molar-refractivity contribution >= 4 is 0 Å². The Morgan fingerprint density at radius 1 is 1.79 bits per heavy atom. The number of hydrazine groups is 1. The number of nitrogens with one attached hydrogen (secondary N) is 1. The molecule has 1 atom stereocenters. The van der Waals surface area contributed by atoms with Gasteiger partial charge >= 0.3 is 0 Å². The van der Waals surface area contributed by atoms with Crippen LogP contribution in [0.5, 0.6) is 0 Å². The first kappa shape index (κ1) is 10.9. The van der Waals surface area contributed by atoms with Crippen molar-refractivity contribution in [2.45, 2.75) is 25.8 Å². The molecule has 3 N–H and O–H groups in total. The van der Waals surface area contributed by atoms with E-state index in [1.54, 1.807) is 4.68 Å². The molecule has 0 saturated heterocycles. The average Bonchev–Trinajstić information content (AvgIpc) is 2.53. The average molecular weight is 194 g/mol. The fourth-order valence-electron chi connectivity index (χ4n) is 1.36. The normalized spacial score (nSPS) is 12.8. The second kappa shape index (κ2) is 4.93. The van der Waals surface area contributed by atoms with Gasteiger partial charge in [-0.3, -0.25) is 16.0 Å². The number of aromatic nitrogens is 2. The van der Waals surface area contributed by atoms with E-state index in [1.807, 2.05) is 26.4 Å². The predicted molar refractivity (Wildman–Crippen MR) is 57.3 cm³/mol. The van der Waals surface area contributed by atoms with Crippen molar-refractivity contribution in [3.8, 4) is 0 Å². The lowest BCUT2D eigenvalue weighted by atomic mass is 10.0. The lowest BCUT2D eigenvalue weighted by molar-refractivity contribution is 0.515. The molecule has 1 heterocycles. The van der Waals surface area contributed by atoms with Crippen molar-refractivity contribution in [3.63, 3.8) is 0 Å². The number of nitrogens with two attached hydrogens (primary N) is 1. The van der Waals surface area contributed by atoms with Gasteiger partial charge < -0.3 is 0 Å². The van der Waals surface area contributed by atoms with E-state index in [2.05, 4.69) is 17.1 Å². The molecule has 1 aromatic rings. The molecule has 0 spiro atoms. The van der Waals surface area contributed by atoms with Gasteiger partial charge in [0.1, 0.15) is 0 Å². The first-order chi connectivity index (χ1) is 6.63. The monoisotopic (exact) mass is 194 g/mol. The Morgan fingerprint density at radius 2 is 2.50 bits per heavy atom. The molecule has 0 fully saturated rings. The summed E-state index contributed by atoms with van der Waals surface area (Å²) < 4.78 is 1.78.